The van der Waals surface area contributed by atoms with Gasteiger partial charge in [0, 0.05) is 66.3 Å². The van der Waals surface area contributed by atoms with Crippen LogP contribution in [0.2, 0.25) is 5.02 Å². The molecular weight excluding hydrogens is 530 g/mol. The van der Waals surface area contributed by atoms with Crippen LogP contribution in [0.15, 0.2) is 60.7 Å². The number of amides is 2. The van der Waals surface area contributed by atoms with Crippen LogP contribution in [-0.2, 0) is 21.1 Å². The molecule has 6 rings (SSSR count). The molecule has 0 bridgehead atoms. The third-order valence-electron chi connectivity index (χ3n) is 7.55. The molecule has 3 aliphatic heterocycles. The Morgan fingerprint density at radius 1 is 1.05 bits per heavy atom. The van der Waals surface area contributed by atoms with Crippen molar-refractivity contribution in [3.63, 3.8) is 0 Å². The van der Waals surface area contributed by atoms with Gasteiger partial charge in [-0.3, -0.25) is 14.5 Å². The first-order chi connectivity index (χ1) is 19.4. The largest absolute Gasteiger partial charge is 0.354 e. The molecule has 0 saturated carbocycles. The minimum atomic E-state index is -0.233. The first kappa shape index (κ1) is 26.3. The molecule has 3 aliphatic rings. The van der Waals surface area contributed by atoms with Crippen molar-refractivity contribution in [2.45, 2.75) is 6.61 Å². The number of hydrogen-bond acceptors (Lipinski definition) is 7. The number of carbonyl (C=O) groups is 2. The zero-order valence-electron chi connectivity index (χ0n) is 22.4. The molecule has 3 aromatic carbocycles. The van der Waals surface area contributed by atoms with Gasteiger partial charge in [0.2, 0.25) is 5.91 Å². The van der Waals surface area contributed by atoms with E-state index in [0.717, 1.165) is 54.2 Å². The van der Waals surface area contributed by atoms with Gasteiger partial charge >= 0.3 is 0 Å². The number of fused-ring (bicyclic) bond motifs is 2. The fourth-order valence-corrected chi connectivity index (χ4v) is 5.27. The van der Waals surface area contributed by atoms with Gasteiger partial charge in [-0.1, -0.05) is 29.8 Å². The van der Waals surface area contributed by atoms with Gasteiger partial charge in [-0.2, -0.15) is 4.89 Å². The molecule has 206 valence electrons. The third-order valence-corrected chi connectivity index (χ3v) is 7.78. The number of piperazine rings is 1. The average molecular weight is 560 g/mol. The lowest BCUT2D eigenvalue weighted by Gasteiger charge is -2.32. The Balaban J connectivity index is 1.28. The second kappa shape index (κ2) is 10.9. The number of benzene rings is 3. The highest BCUT2D eigenvalue weighted by Crippen LogP contribution is 2.40. The molecule has 3 heterocycles. The van der Waals surface area contributed by atoms with E-state index in [1.165, 1.54) is 0 Å². The van der Waals surface area contributed by atoms with Crippen LogP contribution < -0.4 is 20.4 Å². The second-order valence-electron chi connectivity index (χ2n) is 10.3. The number of rotatable bonds is 6. The number of anilines is 3. The van der Waals surface area contributed by atoms with E-state index in [0.29, 0.717) is 40.9 Å². The van der Waals surface area contributed by atoms with E-state index < -0.39 is 0 Å². The van der Waals surface area contributed by atoms with Crippen LogP contribution in [0.5, 0.6) is 5.75 Å². The SMILES string of the molecule is CN1CCN(CC(=O)N(C)c2ccc(N/C(=C3\C(=O)Nc4cc(Cl)ccc43)c3ccc4c(c3)OOC4)cc2)CC1. The number of carbonyl (C=O) groups excluding carboxylic acids is 2. The number of halogens is 1. The van der Waals surface area contributed by atoms with Crippen LogP contribution in [0.25, 0.3) is 11.3 Å². The maximum Gasteiger partial charge on any atom is 0.258 e. The molecule has 0 unspecified atom stereocenters. The summed E-state index contributed by atoms with van der Waals surface area (Å²) in [5, 5.41) is 6.92. The molecule has 9 nitrogen and oxygen atoms in total. The smallest absolute Gasteiger partial charge is 0.258 e. The monoisotopic (exact) mass is 559 g/mol. The molecular formula is C30H30ClN5O4. The molecule has 1 fully saturated rings. The predicted molar refractivity (Wildman–Crippen MR) is 156 cm³/mol. The lowest BCUT2D eigenvalue weighted by atomic mass is 9.99. The van der Waals surface area contributed by atoms with Crippen molar-refractivity contribution in [2.24, 2.45) is 0 Å². The summed E-state index contributed by atoms with van der Waals surface area (Å²) in [6.07, 6.45) is 0. The maximum absolute atomic E-state index is 13.2. The molecule has 2 amide bonds. The lowest BCUT2D eigenvalue weighted by Crippen LogP contribution is -2.48. The second-order valence-corrected chi connectivity index (χ2v) is 10.7. The van der Waals surface area contributed by atoms with Crippen molar-refractivity contribution in [1.29, 1.82) is 0 Å². The summed E-state index contributed by atoms with van der Waals surface area (Å²) in [5.74, 6) is 0.428. The predicted octanol–water partition coefficient (Wildman–Crippen LogP) is 4.31. The zero-order valence-corrected chi connectivity index (χ0v) is 23.1. The first-order valence-corrected chi connectivity index (χ1v) is 13.6. The summed E-state index contributed by atoms with van der Waals surface area (Å²) >= 11 is 6.19. The molecule has 0 radical (unpaired) electrons. The van der Waals surface area contributed by atoms with E-state index in [9.17, 15) is 9.59 Å². The van der Waals surface area contributed by atoms with Gasteiger partial charge in [0.05, 0.1) is 23.5 Å². The number of hydrogen-bond donors (Lipinski definition) is 2. The fraction of sp³-hybridized carbons (Fsp3) is 0.267. The van der Waals surface area contributed by atoms with Gasteiger partial charge in [0.15, 0.2) is 5.75 Å². The van der Waals surface area contributed by atoms with Gasteiger partial charge in [0.1, 0.15) is 6.61 Å². The van der Waals surface area contributed by atoms with Crippen molar-refractivity contribution in [1.82, 2.24) is 9.80 Å². The Hall–Kier alpha value is -3.89. The summed E-state index contributed by atoms with van der Waals surface area (Å²) < 4.78 is 0. The molecule has 3 aromatic rings. The van der Waals surface area contributed by atoms with Gasteiger partial charge < -0.3 is 25.3 Å². The molecule has 2 N–H and O–H groups in total. The van der Waals surface area contributed by atoms with Gasteiger partial charge in [-0.25, -0.2) is 0 Å². The van der Waals surface area contributed by atoms with Crippen LogP contribution in [0.4, 0.5) is 17.1 Å². The van der Waals surface area contributed by atoms with Crippen LogP contribution in [0, 0.1) is 0 Å². The third kappa shape index (κ3) is 5.29. The summed E-state index contributed by atoms with van der Waals surface area (Å²) in [6, 6.07) is 18.7. The van der Waals surface area contributed by atoms with Crippen molar-refractivity contribution in [3.8, 4) is 5.75 Å². The van der Waals surface area contributed by atoms with Crippen molar-refractivity contribution >= 4 is 51.7 Å². The minimum absolute atomic E-state index is 0.0475. The topological polar surface area (TPSA) is 86.4 Å². The summed E-state index contributed by atoms with van der Waals surface area (Å²) in [7, 11) is 3.90. The fourth-order valence-electron chi connectivity index (χ4n) is 5.10. The molecule has 40 heavy (non-hydrogen) atoms. The molecule has 0 spiro atoms. The Morgan fingerprint density at radius 3 is 2.60 bits per heavy atom. The summed E-state index contributed by atoms with van der Waals surface area (Å²) in [5.41, 5.74) is 5.77. The first-order valence-electron chi connectivity index (χ1n) is 13.2. The van der Waals surface area contributed by atoms with Crippen LogP contribution >= 0.6 is 11.6 Å². The maximum atomic E-state index is 13.2. The summed E-state index contributed by atoms with van der Waals surface area (Å²) in [6.45, 7) is 4.48. The average Bonchev–Trinajstić information content (AvgIpc) is 3.55. The van der Waals surface area contributed by atoms with Gasteiger partial charge in [0.25, 0.3) is 5.91 Å². The Labute approximate surface area is 237 Å². The molecule has 0 aromatic heterocycles. The van der Waals surface area contributed by atoms with E-state index in [1.807, 2.05) is 48.5 Å². The Kier molecular flexibility index (Phi) is 7.20. The van der Waals surface area contributed by atoms with E-state index >= 15 is 0 Å². The minimum Gasteiger partial charge on any atom is -0.354 e. The van der Waals surface area contributed by atoms with E-state index in [4.69, 9.17) is 21.4 Å². The Bertz CT molecular complexity index is 1500. The number of likely N-dealkylation sites (N-methyl/N-ethyl adjacent to an activating group) is 2. The van der Waals surface area contributed by atoms with Crippen molar-refractivity contribution in [3.05, 3.63) is 82.4 Å². The molecule has 10 heteroatoms. The molecule has 0 atom stereocenters. The highest BCUT2D eigenvalue weighted by molar-refractivity contribution is 6.38. The van der Waals surface area contributed by atoms with Gasteiger partial charge in [-0.15, -0.1) is 0 Å². The van der Waals surface area contributed by atoms with Crippen molar-refractivity contribution in [2.75, 3.05) is 62.4 Å². The highest BCUT2D eigenvalue weighted by atomic mass is 35.5. The van der Waals surface area contributed by atoms with E-state index in [2.05, 4.69) is 27.5 Å². The molecule has 1 saturated heterocycles. The highest BCUT2D eigenvalue weighted by Gasteiger charge is 2.29. The van der Waals surface area contributed by atoms with Crippen LogP contribution in [-0.4, -0.2) is 68.4 Å². The Morgan fingerprint density at radius 2 is 1.82 bits per heavy atom. The number of nitrogens with zero attached hydrogens (tertiary/aromatic N) is 3. The van der Waals surface area contributed by atoms with E-state index in [1.54, 1.807) is 24.1 Å². The standard InChI is InChI=1S/C30H30ClN5O4/c1-34-11-13-36(14-12-34)17-27(37)35(2)23-8-6-22(7-9-23)32-29(19-3-4-20-18-39-40-26(20)15-19)28-24-10-5-21(31)16-25(24)33-30(28)38/h3-10,15-16,32H,11-14,17-18H2,1-2H3,(H,33,38)/b29-28-. The summed E-state index contributed by atoms with van der Waals surface area (Å²) in [4.78, 5) is 42.8. The number of nitrogens with one attached hydrogen (secondary N) is 2. The zero-order chi connectivity index (χ0) is 27.8. The normalized spacial score (nSPS) is 18.0. The van der Waals surface area contributed by atoms with Crippen LogP contribution in [0.3, 0.4) is 0 Å². The van der Waals surface area contributed by atoms with Crippen LogP contribution in [0.1, 0.15) is 16.7 Å². The quantitative estimate of drug-likeness (QED) is 0.344. The molecule has 0 aliphatic carbocycles. The van der Waals surface area contributed by atoms with E-state index in [-0.39, 0.29) is 11.8 Å². The van der Waals surface area contributed by atoms with Gasteiger partial charge in [-0.05, 0) is 49.5 Å². The lowest BCUT2D eigenvalue weighted by molar-refractivity contribution is -0.194. The van der Waals surface area contributed by atoms with Crippen molar-refractivity contribution < 1.29 is 19.4 Å².